The Bertz CT molecular complexity index is 119. The van der Waals surface area contributed by atoms with E-state index in [2.05, 4.69) is 11.8 Å². The zero-order valence-electron chi connectivity index (χ0n) is 7.16. The minimum Gasteiger partial charge on any atom is -0.390 e. The first-order chi connectivity index (χ1) is 5.24. The maximum atomic E-state index is 9.27. The fourth-order valence-electron chi connectivity index (χ4n) is 1.61. The fraction of sp³-hybridized carbons (Fsp3) is 1.00. The molecule has 0 radical (unpaired) electrons. The highest BCUT2D eigenvalue weighted by Crippen LogP contribution is 2.15. The monoisotopic (exact) mass is 158 g/mol. The van der Waals surface area contributed by atoms with Gasteiger partial charge in [-0.05, 0) is 26.3 Å². The third kappa shape index (κ3) is 2.43. The van der Waals surface area contributed by atoms with Gasteiger partial charge in [-0.25, -0.2) is 0 Å². The quantitative estimate of drug-likeness (QED) is 0.597. The Labute approximate surface area is 68.2 Å². The summed E-state index contributed by atoms with van der Waals surface area (Å²) in [6.07, 6.45) is 2.19. The smallest absolute Gasteiger partial charge is 0.0789 e. The molecule has 0 aromatic heterocycles. The number of hydrogen-bond acceptors (Lipinski definition) is 3. The number of β-amino-alcohol motifs (C(OH)–C–C–N with tert-alkyl or cyclic N) is 1. The second kappa shape index (κ2) is 4.04. The Morgan fingerprint density at radius 1 is 1.73 bits per heavy atom. The van der Waals surface area contributed by atoms with Gasteiger partial charge in [-0.2, -0.15) is 0 Å². The van der Waals surface area contributed by atoms with Crippen LogP contribution < -0.4 is 5.73 Å². The molecular formula is C8H18N2O. The van der Waals surface area contributed by atoms with E-state index in [-0.39, 0.29) is 6.10 Å². The van der Waals surface area contributed by atoms with Gasteiger partial charge in [0.1, 0.15) is 0 Å². The van der Waals surface area contributed by atoms with Crippen LogP contribution in [-0.4, -0.2) is 41.8 Å². The summed E-state index contributed by atoms with van der Waals surface area (Å²) < 4.78 is 0. The van der Waals surface area contributed by atoms with Crippen LogP contribution in [0, 0.1) is 0 Å². The van der Waals surface area contributed by atoms with Gasteiger partial charge in [0.05, 0.1) is 6.10 Å². The minimum atomic E-state index is -0.337. The van der Waals surface area contributed by atoms with Crippen molar-refractivity contribution in [2.24, 2.45) is 5.73 Å². The molecule has 3 heteroatoms. The number of nitrogens with zero attached hydrogens (tertiary/aromatic N) is 1. The second-order valence-electron chi connectivity index (χ2n) is 3.38. The predicted molar refractivity (Wildman–Crippen MR) is 45.3 cm³/mol. The van der Waals surface area contributed by atoms with Crippen LogP contribution >= 0.6 is 0 Å². The lowest BCUT2D eigenvalue weighted by molar-refractivity contribution is 0.115. The summed E-state index contributed by atoms with van der Waals surface area (Å²) in [7, 11) is 0. The molecule has 1 aliphatic heterocycles. The molecule has 0 bridgehead atoms. The van der Waals surface area contributed by atoms with Crippen LogP contribution in [0.15, 0.2) is 0 Å². The lowest BCUT2D eigenvalue weighted by Gasteiger charge is -2.23. The summed E-state index contributed by atoms with van der Waals surface area (Å²) in [6, 6.07) is 0.635. The summed E-state index contributed by atoms with van der Waals surface area (Å²) in [5.74, 6) is 0. The molecule has 1 aliphatic rings. The maximum Gasteiger partial charge on any atom is 0.0789 e. The average molecular weight is 158 g/mol. The zero-order chi connectivity index (χ0) is 8.27. The van der Waals surface area contributed by atoms with E-state index in [9.17, 15) is 5.11 Å². The summed E-state index contributed by atoms with van der Waals surface area (Å²) in [4.78, 5) is 2.30. The van der Waals surface area contributed by atoms with Crippen LogP contribution in [0.4, 0.5) is 0 Å². The van der Waals surface area contributed by atoms with Crippen LogP contribution in [0.5, 0.6) is 0 Å². The van der Waals surface area contributed by atoms with Crippen molar-refractivity contribution in [2.45, 2.75) is 31.9 Å². The molecule has 0 saturated carbocycles. The largest absolute Gasteiger partial charge is 0.390 e. The first-order valence-electron chi connectivity index (χ1n) is 4.36. The zero-order valence-corrected chi connectivity index (χ0v) is 7.16. The van der Waals surface area contributed by atoms with Crippen LogP contribution in [0.2, 0.25) is 0 Å². The van der Waals surface area contributed by atoms with E-state index >= 15 is 0 Å². The van der Waals surface area contributed by atoms with E-state index in [4.69, 9.17) is 5.73 Å². The highest BCUT2D eigenvalue weighted by Gasteiger charge is 2.21. The molecule has 0 aliphatic carbocycles. The Kier molecular flexibility index (Phi) is 3.30. The summed E-state index contributed by atoms with van der Waals surface area (Å²) in [5, 5.41) is 9.27. The number of aliphatic hydroxyl groups is 1. The Balaban J connectivity index is 2.24. The van der Waals surface area contributed by atoms with Gasteiger partial charge in [0.15, 0.2) is 0 Å². The highest BCUT2D eigenvalue weighted by atomic mass is 16.3. The summed E-state index contributed by atoms with van der Waals surface area (Å²) in [5.41, 5.74) is 5.32. The number of hydrogen-bond donors (Lipinski definition) is 2. The van der Waals surface area contributed by atoms with E-state index in [1.165, 1.54) is 12.8 Å². The van der Waals surface area contributed by atoms with Crippen molar-refractivity contribution < 1.29 is 5.11 Å². The normalized spacial score (nSPS) is 29.2. The Morgan fingerprint density at radius 2 is 2.45 bits per heavy atom. The molecular weight excluding hydrogens is 140 g/mol. The van der Waals surface area contributed by atoms with Crippen LogP contribution in [0.1, 0.15) is 19.8 Å². The summed E-state index contributed by atoms with van der Waals surface area (Å²) >= 11 is 0. The Morgan fingerprint density at radius 3 is 2.91 bits per heavy atom. The molecule has 1 rings (SSSR count). The van der Waals surface area contributed by atoms with E-state index in [0.29, 0.717) is 12.6 Å². The average Bonchev–Trinajstić information content (AvgIpc) is 2.37. The van der Waals surface area contributed by atoms with Gasteiger partial charge in [-0.3, -0.25) is 4.90 Å². The van der Waals surface area contributed by atoms with Gasteiger partial charge < -0.3 is 10.8 Å². The van der Waals surface area contributed by atoms with Gasteiger partial charge in [0.2, 0.25) is 0 Å². The molecule has 1 fully saturated rings. The molecule has 66 valence electrons. The van der Waals surface area contributed by atoms with Gasteiger partial charge in [-0.1, -0.05) is 0 Å². The maximum absolute atomic E-state index is 9.27. The van der Waals surface area contributed by atoms with Gasteiger partial charge >= 0.3 is 0 Å². The van der Waals surface area contributed by atoms with Crippen molar-refractivity contribution in [2.75, 3.05) is 19.6 Å². The first-order valence-corrected chi connectivity index (χ1v) is 4.36. The van der Waals surface area contributed by atoms with Crippen molar-refractivity contribution in [3.05, 3.63) is 0 Å². The number of aliphatic hydroxyl groups excluding tert-OH is 1. The molecule has 1 heterocycles. The van der Waals surface area contributed by atoms with Crippen LogP contribution in [-0.2, 0) is 0 Å². The molecule has 11 heavy (non-hydrogen) atoms. The highest BCUT2D eigenvalue weighted by molar-refractivity contribution is 4.77. The topological polar surface area (TPSA) is 49.5 Å². The third-order valence-corrected chi connectivity index (χ3v) is 2.41. The van der Waals surface area contributed by atoms with Crippen molar-refractivity contribution in [3.8, 4) is 0 Å². The minimum absolute atomic E-state index is 0.337. The lowest BCUT2D eigenvalue weighted by atomic mass is 10.2. The van der Waals surface area contributed by atoms with E-state index < -0.39 is 0 Å². The molecule has 3 nitrogen and oxygen atoms in total. The van der Waals surface area contributed by atoms with Gasteiger partial charge in [0.25, 0.3) is 0 Å². The molecule has 1 saturated heterocycles. The van der Waals surface area contributed by atoms with E-state index in [1.807, 2.05) is 0 Å². The molecule has 0 aromatic rings. The second-order valence-corrected chi connectivity index (χ2v) is 3.38. The van der Waals surface area contributed by atoms with Crippen LogP contribution in [0.25, 0.3) is 0 Å². The van der Waals surface area contributed by atoms with Crippen molar-refractivity contribution in [1.82, 2.24) is 4.90 Å². The van der Waals surface area contributed by atoms with Gasteiger partial charge in [0, 0.05) is 19.1 Å². The first kappa shape index (κ1) is 8.97. The molecule has 0 aromatic carbocycles. The molecule has 2 unspecified atom stereocenters. The third-order valence-electron chi connectivity index (χ3n) is 2.41. The number of rotatable bonds is 3. The fourth-order valence-corrected chi connectivity index (χ4v) is 1.61. The van der Waals surface area contributed by atoms with Crippen LogP contribution in [0.3, 0.4) is 0 Å². The van der Waals surface area contributed by atoms with E-state index in [0.717, 1.165) is 13.1 Å². The van der Waals surface area contributed by atoms with Crippen molar-refractivity contribution in [1.29, 1.82) is 0 Å². The number of nitrogens with two attached hydrogens (primary N) is 1. The standard InChI is InChI=1S/C8H18N2O/c1-7-3-2-4-10(7)6-8(11)5-9/h7-8,11H,2-6,9H2,1H3. The summed E-state index contributed by atoms with van der Waals surface area (Å²) in [6.45, 7) is 4.45. The van der Waals surface area contributed by atoms with E-state index in [1.54, 1.807) is 0 Å². The Hall–Kier alpha value is -0.120. The number of likely N-dealkylation sites (tertiary alicyclic amines) is 1. The molecule has 2 atom stereocenters. The molecule has 0 amide bonds. The van der Waals surface area contributed by atoms with Crippen molar-refractivity contribution in [3.63, 3.8) is 0 Å². The molecule has 0 spiro atoms. The predicted octanol–water partition coefficient (Wildman–Crippen LogP) is -0.210. The lowest BCUT2D eigenvalue weighted by Crippen LogP contribution is -2.38. The molecule has 3 N–H and O–H groups in total. The van der Waals surface area contributed by atoms with Gasteiger partial charge in [-0.15, -0.1) is 0 Å². The SMILES string of the molecule is CC1CCCN1CC(O)CN. The van der Waals surface area contributed by atoms with Crippen molar-refractivity contribution >= 4 is 0 Å².